The van der Waals surface area contributed by atoms with Crippen molar-refractivity contribution < 1.29 is 14.4 Å². The number of aryl methyl sites for hydroxylation is 1. The summed E-state index contributed by atoms with van der Waals surface area (Å²) in [6.07, 6.45) is 3.05. The third kappa shape index (κ3) is 4.56. The van der Waals surface area contributed by atoms with Crippen molar-refractivity contribution in [1.82, 2.24) is 9.47 Å². The van der Waals surface area contributed by atoms with E-state index >= 15 is 0 Å². The van der Waals surface area contributed by atoms with Gasteiger partial charge in [0.25, 0.3) is 0 Å². The fourth-order valence-corrected chi connectivity index (χ4v) is 8.69. The van der Waals surface area contributed by atoms with E-state index in [0.29, 0.717) is 23.8 Å². The Hall–Kier alpha value is -3.37. The minimum atomic E-state index is -0.690. The van der Waals surface area contributed by atoms with Gasteiger partial charge in [0.1, 0.15) is 11.8 Å². The quantitative estimate of drug-likeness (QED) is 0.426. The summed E-state index contributed by atoms with van der Waals surface area (Å²) in [5, 5.41) is -0.0552. The maximum Gasteiger partial charge on any atom is 0.308 e. The van der Waals surface area contributed by atoms with Gasteiger partial charge in [-0.3, -0.25) is 23.7 Å². The molecule has 6 rings (SSSR count). The maximum atomic E-state index is 14.0. The predicted octanol–water partition coefficient (Wildman–Crippen LogP) is 4.09. The maximum absolute atomic E-state index is 14.0. The molecule has 10 heteroatoms. The lowest BCUT2D eigenvalue weighted by Gasteiger charge is -2.31. The summed E-state index contributed by atoms with van der Waals surface area (Å²) in [4.78, 5) is 60.1. The highest BCUT2D eigenvalue weighted by molar-refractivity contribution is 8.00. The van der Waals surface area contributed by atoms with Gasteiger partial charge >= 0.3 is 4.87 Å². The summed E-state index contributed by atoms with van der Waals surface area (Å²) >= 11 is 2.36. The van der Waals surface area contributed by atoms with Gasteiger partial charge < -0.3 is 9.80 Å². The third-order valence-corrected chi connectivity index (χ3v) is 10.7. The molecule has 8 nitrogen and oxygen atoms in total. The number of fused-ring (bicyclic) bond motifs is 2. The highest BCUT2D eigenvalue weighted by Crippen LogP contribution is 2.54. The molecule has 0 bridgehead atoms. The molecular formula is C30H32N4O4S2. The SMILES string of the molecule is Cc1ccc(N2C(=O)C3Sc4c(sc(=O)n4CC(=O)N4CCCCC4)[C@H](c4ccc(N(C)C)cc4)C3C2=O)cc1. The number of hydrogen-bond donors (Lipinski definition) is 0. The fourth-order valence-electron chi connectivity index (χ4n) is 5.92. The molecule has 1 aromatic heterocycles. The number of amides is 3. The summed E-state index contributed by atoms with van der Waals surface area (Å²) in [5.74, 6) is -1.73. The van der Waals surface area contributed by atoms with Gasteiger partial charge in [0, 0.05) is 43.7 Å². The average Bonchev–Trinajstić information content (AvgIpc) is 3.40. The molecule has 2 fully saturated rings. The number of carbonyl (C=O) groups excluding carboxylic acids is 3. The highest BCUT2D eigenvalue weighted by Gasteiger charge is 2.56. The van der Waals surface area contributed by atoms with Gasteiger partial charge in [-0.25, -0.2) is 4.90 Å². The Balaban J connectivity index is 1.43. The molecule has 208 valence electrons. The summed E-state index contributed by atoms with van der Waals surface area (Å²) in [7, 11) is 3.93. The molecule has 2 aromatic carbocycles. The molecule has 4 heterocycles. The van der Waals surface area contributed by atoms with Crippen LogP contribution in [0.1, 0.15) is 41.2 Å². The molecule has 3 aliphatic rings. The van der Waals surface area contributed by atoms with Crippen LogP contribution >= 0.6 is 23.1 Å². The number of thioether (sulfide) groups is 1. The van der Waals surface area contributed by atoms with E-state index in [9.17, 15) is 19.2 Å². The first-order valence-corrected chi connectivity index (χ1v) is 15.3. The number of imide groups is 1. The minimum absolute atomic E-state index is 0.0504. The zero-order valence-electron chi connectivity index (χ0n) is 22.8. The second-order valence-corrected chi connectivity index (χ2v) is 13.1. The lowest BCUT2D eigenvalue weighted by Crippen LogP contribution is -2.39. The van der Waals surface area contributed by atoms with Crippen LogP contribution in [0.25, 0.3) is 0 Å². The second-order valence-electron chi connectivity index (χ2n) is 10.9. The first-order chi connectivity index (χ1) is 19.2. The standard InChI is InChI=1S/C30H32N4O4S2/c1-18-7-11-21(12-8-18)34-27(36)24-23(19-9-13-20(14-10-19)31(2)3)26-29(39-25(24)28(34)37)33(30(38)40-26)17-22(35)32-15-5-4-6-16-32/h7-14,23-25H,4-6,15-17H2,1-3H3/t23-,24?,25?/m1/s1. The number of carbonyl (C=O) groups is 3. The topological polar surface area (TPSA) is 82.9 Å². The first kappa shape index (κ1) is 26.8. The van der Waals surface area contributed by atoms with Crippen molar-refractivity contribution >= 4 is 52.2 Å². The number of benzene rings is 2. The van der Waals surface area contributed by atoms with Crippen molar-refractivity contribution in [2.24, 2.45) is 5.92 Å². The van der Waals surface area contributed by atoms with E-state index in [1.54, 1.807) is 12.1 Å². The summed E-state index contributed by atoms with van der Waals surface area (Å²) in [5.41, 5.74) is 3.49. The summed E-state index contributed by atoms with van der Waals surface area (Å²) in [6.45, 7) is 3.32. The van der Waals surface area contributed by atoms with Crippen molar-refractivity contribution in [2.75, 3.05) is 37.0 Å². The molecule has 3 atom stereocenters. The number of hydrogen-bond acceptors (Lipinski definition) is 7. The minimum Gasteiger partial charge on any atom is -0.378 e. The molecule has 40 heavy (non-hydrogen) atoms. The van der Waals surface area contributed by atoms with Gasteiger partial charge in [0.05, 0.1) is 16.6 Å². The van der Waals surface area contributed by atoms with Crippen molar-refractivity contribution in [1.29, 1.82) is 0 Å². The van der Waals surface area contributed by atoms with Crippen LogP contribution in [-0.2, 0) is 20.9 Å². The van der Waals surface area contributed by atoms with Gasteiger partial charge in [-0.05, 0) is 56.0 Å². The molecule has 3 amide bonds. The van der Waals surface area contributed by atoms with E-state index in [1.165, 1.54) is 21.2 Å². The van der Waals surface area contributed by atoms with E-state index in [4.69, 9.17) is 0 Å². The van der Waals surface area contributed by atoms with Crippen LogP contribution in [0, 0.1) is 12.8 Å². The molecular weight excluding hydrogens is 544 g/mol. The van der Waals surface area contributed by atoms with Crippen LogP contribution in [0.5, 0.6) is 0 Å². The van der Waals surface area contributed by atoms with E-state index in [2.05, 4.69) is 0 Å². The Morgan fingerprint density at radius 3 is 2.25 bits per heavy atom. The molecule has 2 unspecified atom stereocenters. The molecule has 3 aromatic rings. The number of rotatable bonds is 5. The van der Waals surface area contributed by atoms with Gasteiger partial charge in [-0.1, -0.05) is 52.9 Å². The van der Waals surface area contributed by atoms with Crippen molar-refractivity contribution in [3.05, 3.63) is 74.2 Å². The smallest absolute Gasteiger partial charge is 0.308 e. The van der Waals surface area contributed by atoms with Gasteiger partial charge in [-0.2, -0.15) is 0 Å². The lowest BCUT2D eigenvalue weighted by atomic mass is 9.83. The zero-order chi connectivity index (χ0) is 28.1. The molecule has 0 saturated carbocycles. The number of piperidine rings is 1. The van der Waals surface area contributed by atoms with Crippen LogP contribution in [0.3, 0.4) is 0 Å². The van der Waals surface area contributed by atoms with Gasteiger partial charge in [0.2, 0.25) is 17.7 Å². The molecule has 0 N–H and O–H groups in total. The van der Waals surface area contributed by atoms with Crippen molar-refractivity contribution in [3.8, 4) is 0 Å². The van der Waals surface area contributed by atoms with E-state index < -0.39 is 17.1 Å². The normalized spacial score (nSPS) is 22.3. The Bertz CT molecular complexity index is 1520. The van der Waals surface area contributed by atoms with E-state index in [-0.39, 0.29) is 29.1 Å². The second kappa shape index (κ2) is 10.6. The molecule has 3 aliphatic heterocycles. The number of nitrogens with zero attached hydrogens (tertiary/aromatic N) is 4. The molecule has 2 saturated heterocycles. The number of thiazole rings is 1. The Morgan fingerprint density at radius 2 is 1.60 bits per heavy atom. The summed E-state index contributed by atoms with van der Waals surface area (Å²) < 4.78 is 1.53. The van der Waals surface area contributed by atoms with Gasteiger partial charge in [0.15, 0.2) is 0 Å². The predicted molar refractivity (Wildman–Crippen MR) is 158 cm³/mol. The largest absolute Gasteiger partial charge is 0.378 e. The molecule has 0 radical (unpaired) electrons. The van der Waals surface area contributed by atoms with E-state index in [0.717, 1.165) is 52.3 Å². The number of likely N-dealkylation sites (tertiary alicyclic amines) is 1. The van der Waals surface area contributed by atoms with Crippen LogP contribution in [0.2, 0.25) is 0 Å². The van der Waals surface area contributed by atoms with E-state index in [1.807, 2.05) is 67.2 Å². The Morgan fingerprint density at radius 1 is 0.925 bits per heavy atom. The van der Waals surface area contributed by atoms with Gasteiger partial charge in [-0.15, -0.1) is 0 Å². The third-order valence-electron chi connectivity index (χ3n) is 8.11. The first-order valence-electron chi connectivity index (χ1n) is 13.6. The average molecular weight is 577 g/mol. The van der Waals surface area contributed by atoms with Crippen molar-refractivity contribution in [2.45, 2.75) is 48.9 Å². The summed E-state index contributed by atoms with van der Waals surface area (Å²) in [6, 6.07) is 15.3. The van der Waals surface area contributed by atoms with Crippen LogP contribution in [0.4, 0.5) is 11.4 Å². The lowest BCUT2D eigenvalue weighted by molar-refractivity contribution is -0.133. The van der Waals surface area contributed by atoms with Crippen LogP contribution < -0.4 is 14.7 Å². The van der Waals surface area contributed by atoms with Crippen LogP contribution in [0.15, 0.2) is 58.4 Å². The Kier molecular flexibility index (Phi) is 7.08. The fraction of sp³-hybridized carbons (Fsp3) is 0.400. The van der Waals surface area contributed by atoms with Crippen molar-refractivity contribution in [3.63, 3.8) is 0 Å². The zero-order valence-corrected chi connectivity index (χ0v) is 24.5. The number of aromatic nitrogens is 1. The molecule has 0 aliphatic carbocycles. The number of anilines is 2. The Labute approximate surface area is 241 Å². The van der Waals surface area contributed by atoms with Crippen LogP contribution in [-0.4, -0.2) is 59.6 Å². The highest BCUT2D eigenvalue weighted by atomic mass is 32.2. The monoisotopic (exact) mass is 576 g/mol. The molecule has 0 spiro atoms.